The summed E-state index contributed by atoms with van der Waals surface area (Å²) in [6.07, 6.45) is 2.30. The van der Waals surface area contributed by atoms with Crippen LogP contribution in [0.15, 0.2) is 49.6 Å². The second kappa shape index (κ2) is 8.82. The van der Waals surface area contributed by atoms with Crippen molar-refractivity contribution < 1.29 is 19.1 Å². The molecule has 4 nitrogen and oxygen atoms in total. The highest BCUT2D eigenvalue weighted by Crippen LogP contribution is 2.27. The normalized spacial score (nSPS) is 12.8. The molecule has 0 spiro atoms. The van der Waals surface area contributed by atoms with Gasteiger partial charge in [0.15, 0.2) is 0 Å². The molecule has 0 radical (unpaired) electrons. The van der Waals surface area contributed by atoms with Crippen LogP contribution >= 0.6 is 0 Å². The van der Waals surface area contributed by atoms with E-state index in [4.69, 9.17) is 9.47 Å². The van der Waals surface area contributed by atoms with Crippen LogP contribution in [0.2, 0.25) is 0 Å². The van der Waals surface area contributed by atoms with Crippen molar-refractivity contribution in [3.63, 3.8) is 0 Å². The first-order chi connectivity index (χ1) is 10.5. The van der Waals surface area contributed by atoms with Gasteiger partial charge < -0.3 is 9.47 Å². The lowest BCUT2D eigenvalue weighted by molar-refractivity contribution is -0.139. The maximum Gasteiger partial charge on any atom is 0.330 e. The Morgan fingerprint density at radius 2 is 1.32 bits per heavy atom. The Morgan fingerprint density at radius 3 is 1.64 bits per heavy atom. The van der Waals surface area contributed by atoms with Crippen LogP contribution in [-0.4, -0.2) is 25.2 Å². The van der Waals surface area contributed by atoms with Gasteiger partial charge in [-0.2, -0.15) is 0 Å². The van der Waals surface area contributed by atoms with Crippen molar-refractivity contribution >= 4 is 11.9 Å². The monoisotopic (exact) mass is 302 g/mol. The molecule has 1 aromatic rings. The quantitative estimate of drug-likeness (QED) is 0.546. The van der Waals surface area contributed by atoms with Gasteiger partial charge in [-0.25, -0.2) is 9.59 Å². The molecule has 1 aromatic carbocycles. The van der Waals surface area contributed by atoms with E-state index in [1.165, 1.54) is 0 Å². The van der Waals surface area contributed by atoms with Crippen LogP contribution in [-0.2, 0) is 19.1 Å². The summed E-state index contributed by atoms with van der Waals surface area (Å²) in [6.45, 7) is 11.3. The van der Waals surface area contributed by atoms with Crippen LogP contribution in [0, 0.1) is 0 Å². The van der Waals surface area contributed by atoms with E-state index in [1.807, 2.05) is 38.1 Å². The minimum absolute atomic E-state index is 0.0395. The molecule has 0 aliphatic heterocycles. The number of rotatable bonds is 8. The van der Waals surface area contributed by atoms with Crippen LogP contribution in [0.3, 0.4) is 0 Å². The zero-order valence-electron chi connectivity index (χ0n) is 13.1. The molecule has 22 heavy (non-hydrogen) atoms. The molecular formula is C18H22O4. The third kappa shape index (κ3) is 5.20. The lowest BCUT2D eigenvalue weighted by Gasteiger charge is -2.20. The van der Waals surface area contributed by atoms with Crippen molar-refractivity contribution in [1.82, 2.24) is 0 Å². The average molecular weight is 302 g/mol. The van der Waals surface area contributed by atoms with Gasteiger partial charge in [-0.3, -0.25) is 0 Å². The number of esters is 2. The Balaban J connectivity index is 2.79. The molecule has 0 bridgehead atoms. The predicted molar refractivity (Wildman–Crippen MR) is 85.6 cm³/mol. The van der Waals surface area contributed by atoms with Crippen LogP contribution in [0.25, 0.3) is 0 Å². The molecule has 118 valence electrons. The smallest absolute Gasteiger partial charge is 0.330 e. The van der Waals surface area contributed by atoms with E-state index in [9.17, 15) is 9.59 Å². The fourth-order valence-corrected chi connectivity index (χ4v) is 2.12. The number of ether oxygens (including phenoxy) is 2. The van der Waals surface area contributed by atoms with Gasteiger partial charge in [-0.15, -0.1) is 0 Å². The molecule has 2 atom stereocenters. The maximum atomic E-state index is 11.2. The van der Waals surface area contributed by atoms with Crippen LogP contribution < -0.4 is 0 Å². The maximum absolute atomic E-state index is 11.2. The van der Waals surface area contributed by atoms with E-state index in [2.05, 4.69) is 13.2 Å². The fourth-order valence-electron chi connectivity index (χ4n) is 2.12. The second-order valence-corrected chi connectivity index (χ2v) is 5.10. The van der Waals surface area contributed by atoms with Crippen molar-refractivity contribution in [2.45, 2.75) is 25.7 Å². The summed E-state index contributed by atoms with van der Waals surface area (Å²) in [5.74, 6) is -0.787. The van der Waals surface area contributed by atoms with E-state index < -0.39 is 11.9 Å². The zero-order valence-corrected chi connectivity index (χ0v) is 13.1. The minimum Gasteiger partial charge on any atom is -0.462 e. The standard InChI is InChI=1S/C18H22O4/c1-5-17(19)21-11-13(3)15-9-7-8-10-16(15)14(4)12-22-18(20)6-2/h5-10,13-14H,1-2,11-12H2,3-4H3. The summed E-state index contributed by atoms with van der Waals surface area (Å²) in [7, 11) is 0. The number of carbonyl (C=O) groups is 2. The van der Waals surface area contributed by atoms with E-state index in [0.717, 1.165) is 23.3 Å². The number of carbonyl (C=O) groups excluding carboxylic acids is 2. The summed E-state index contributed by atoms with van der Waals surface area (Å²) in [5.41, 5.74) is 2.14. The Hall–Kier alpha value is -2.36. The van der Waals surface area contributed by atoms with Gasteiger partial charge in [0.2, 0.25) is 0 Å². The van der Waals surface area contributed by atoms with Crippen molar-refractivity contribution in [2.75, 3.05) is 13.2 Å². The third-order valence-corrected chi connectivity index (χ3v) is 3.34. The summed E-state index contributed by atoms with van der Waals surface area (Å²) < 4.78 is 10.2. The molecule has 0 fully saturated rings. The van der Waals surface area contributed by atoms with E-state index >= 15 is 0 Å². The molecule has 1 rings (SSSR count). The van der Waals surface area contributed by atoms with E-state index in [-0.39, 0.29) is 25.0 Å². The Labute approximate surface area is 131 Å². The van der Waals surface area contributed by atoms with Gasteiger partial charge in [0.1, 0.15) is 0 Å². The van der Waals surface area contributed by atoms with Crippen LogP contribution in [0.1, 0.15) is 36.8 Å². The van der Waals surface area contributed by atoms with Crippen molar-refractivity contribution in [1.29, 1.82) is 0 Å². The molecule has 0 heterocycles. The first kappa shape index (κ1) is 17.7. The van der Waals surface area contributed by atoms with E-state index in [0.29, 0.717) is 0 Å². The molecular weight excluding hydrogens is 280 g/mol. The molecule has 0 aliphatic rings. The highest BCUT2D eigenvalue weighted by atomic mass is 16.5. The largest absolute Gasteiger partial charge is 0.462 e. The number of benzene rings is 1. The predicted octanol–water partition coefficient (Wildman–Crippen LogP) is 3.35. The van der Waals surface area contributed by atoms with Gasteiger partial charge >= 0.3 is 11.9 Å². The van der Waals surface area contributed by atoms with Crippen molar-refractivity contribution in [2.24, 2.45) is 0 Å². The molecule has 0 N–H and O–H groups in total. The van der Waals surface area contributed by atoms with Crippen LogP contribution in [0.4, 0.5) is 0 Å². The molecule has 0 saturated carbocycles. The molecule has 0 aromatic heterocycles. The van der Waals surface area contributed by atoms with Gasteiger partial charge in [0, 0.05) is 24.0 Å². The average Bonchev–Trinajstić information content (AvgIpc) is 2.56. The molecule has 0 aliphatic carbocycles. The van der Waals surface area contributed by atoms with Gasteiger partial charge in [0.05, 0.1) is 13.2 Å². The topological polar surface area (TPSA) is 52.6 Å². The lowest BCUT2D eigenvalue weighted by atomic mass is 9.89. The van der Waals surface area contributed by atoms with E-state index in [1.54, 1.807) is 0 Å². The number of hydrogen-bond donors (Lipinski definition) is 0. The summed E-state index contributed by atoms with van der Waals surface area (Å²) in [5, 5.41) is 0. The highest BCUT2D eigenvalue weighted by Gasteiger charge is 2.17. The Kier molecular flexibility index (Phi) is 7.09. The van der Waals surface area contributed by atoms with Crippen molar-refractivity contribution in [3.8, 4) is 0 Å². The minimum atomic E-state index is -0.433. The van der Waals surface area contributed by atoms with Crippen LogP contribution in [0.5, 0.6) is 0 Å². The summed E-state index contributed by atoms with van der Waals surface area (Å²) >= 11 is 0. The summed E-state index contributed by atoms with van der Waals surface area (Å²) in [6, 6.07) is 7.86. The molecule has 4 heteroatoms. The first-order valence-electron chi connectivity index (χ1n) is 7.16. The van der Waals surface area contributed by atoms with Gasteiger partial charge in [-0.1, -0.05) is 51.3 Å². The Bertz CT molecular complexity index is 499. The molecule has 0 amide bonds. The second-order valence-electron chi connectivity index (χ2n) is 5.10. The Morgan fingerprint density at radius 1 is 0.955 bits per heavy atom. The molecule has 0 saturated heterocycles. The fraction of sp³-hybridized carbons (Fsp3) is 0.333. The van der Waals surface area contributed by atoms with Gasteiger partial charge in [0.25, 0.3) is 0 Å². The molecule has 2 unspecified atom stereocenters. The highest BCUT2D eigenvalue weighted by molar-refractivity contribution is 5.81. The van der Waals surface area contributed by atoms with Crippen molar-refractivity contribution in [3.05, 3.63) is 60.7 Å². The third-order valence-electron chi connectivity index (χ3n) is 3.34. The van der Waals surface area contributed by atoms with Gasteiger partial charge in [-0.05, 0) is 11.1 Å². The SMILES string of the molecule is C=CC(=O)OCC(C)c1ccccc1C(C)COC(=O)C=C. The number of hydrogen-bond acceptors (Lipinski definition) is 4. The lowest BCUT2D eigenvalue weighted by Crippen LogP contribution is -2.14. The summed E-state index contributed by atoms with van der Waals surface area (Å²) in [4.78, 5) is 22.3. The zero-order chi connectivity index (χ0) is 16.5. The first-order valence-corrected chi connectivity index (χ1v) is 7.16.